The second-order valence-electron chi connectivity index (χ2n) is 8.20. The largest absolute Gasteiger partial charge is 0.286 e. The van der Waals surface area contributed by atoms with Crippen LogP contribution in [0.15, 0.2) is 72.9 Å². The van der Waals surface area contributed by atoms with Gasteiger partial charge in [0.15, 0.2) is 0 Å². The van der Waals surface area contributed by atoms with Crippen LogP contribution in [0.2, 0.25) is 0 Å². The third-order valence-electron chi connectivity index (χ3n) is 6.59. The van der Waals surface area contributed by atoms with Gasteiger partial charge in [0, 0.05) is 41.0 Å². The van der Waals surface area contributed by atoms with Crippen molar-refractivity contribution in [3.05, 3.63) is 101 Å². The van der Waals surface area contributed by atoms with Gasteiger partial charge in [0.2, 0.25) is 0 Å². The molecule has 2 aliphatic heterocycles. The van der Waals surface area contributed by atoms with E-state index in [2.05, 4.69) is 16.0 Å². The Kier molecular flexibility index (Phi) is 4.88. The highest BCUT2D eigenvalue weighted by Crippen LogP contribution is 2.48. The van der Waals surface area contributed by atoms with E-state index in [-0.39, 0.29) is 11.6 Å². The third kappa shape index (κ3) is 3.36. The molecule has 2 bridgehead atoms. The van der Waals surface area contributed by atoms with Gasteiger partial charge in [-0.25, -0.2) is 8.78 Å². The van der Waals surface area contributed by atoms with Gasteiger partial charge < -0.3 is 0 Å². The van der Waals surface area contributed by atoms with Crippen LogP contribution in [0, 0.1) is 11.6 Å². The summed E-state index contributed by atoms with van der Waals surface area (Å²) in [5.74, 6) is -0.133. The van der Waals surface area contributed by atoms with Crippen molar-refractivity contribution >= 4 is 0 Å². The molecule has 2 fully saturated rings. The fourth-order valence-corrected chi connectivity index (χ4v) is 5.38. The molecular formula is C25H24F2N2. The number of pyridine rings is 1. The van der Waals surface area contributed by atoms with Gasteiger partial charge in [-0.1, -0.05) is 42.5 Å². The van der Waals surface area contributed by atoms with Gasteiger partial charge in [0.25, 0.3) is 0 Å². The van der Waals surface area contributed by atoms with Crippen molar-refractivity contribution in [2.24, 2.45) is 0 Å². The van der Waals surface area contributed by atoms with Gasteiger partial charge in [0.05, 0.1) is 6.04 Å². The number of piperidine rings is 1. The zero-order chi connectivity index (χ0) is 19.8. The quantitative estimate of drug-likeness (QED) is 0.555. The molecule has 2 nitrogen and oxygen atoms in total. The van der Waals surface area contributed by atoms with Gasteiger partial charge in [0.1, 0.15) is 11.6 Å². The summed E-state index contributed by atoms with van der Waals surface area (Å²) in [7, 11) is 0. The molecular weight excluding hydrogens is 366 g/mol. The summed E-state index contributed by atoms with van der Waals surface area (Å²) in [4.78, 5) is 6.96. The first-order valence-corrected chi connectivity index (χ1v) is 10.4. The van der Waals surface area contributed by atoms with Crippen molar-refractivity contribution < 1.29 is 8.78 Å². The number of hydrogen-bond donors (Lipinski definition) is 0. The van der Waals surface area contributed by atoms with Crippen molar-refractivity contribution in [1.82, 2.24) is 9.88 Å². The van der Waals surface area contributed by atoms with Gasteiger partial charge >= 0.3 is 0 Å². The van der Waals surface area contributed by atoms with Crippen molar-refractivity contribution in [2.75, 3.05) is 0 Å². The molecule has 0 spiro atoms. The molecule has 0 aliphatic carbocycles. The third-order valence-corrected chi connectivity index (χ3v) is 6.59. The summed E-state index contributed by atoms with van der Waals surface area (Å²) >= 11 is 0. The normalized spacial score (nSPS) is 24.2. The lowest BCUT2D eigenvalue weighted by atomic mass is 9.84. The highest BCUT2D eigenvalue weighted by Gasteiger charge is 2.46. The molecule has 0 saturated carbocycles. The number of fused-ring (bicyclic) bond motifs is 2. The second kappa shape index (κ2) is 7.68. The molecule has 3 aromatic rings. The van der Waals surface area contributed by atoms with Gasteiger partial charge in [-0.05, 0) is 49.9 Å². The Bertz CT molecular complexity index is 931. The predicted octanol–water partition coefficient (Wildman–Crippen LogP) is 5.86. The van der Waals surface area contributed by atoms with E-state index in [1.807, 2.05) is 30.5 Å². The predicted molar refractivity (Wildman–Crippen MR) is 110 cm³/mol. The Morgan fingerprint density at radius 1 is 0.759 bits per heavy atom. The lowest BCUT2D eigenvalue weighted by molar-refractivity contribution is 0.0893. The average molecular weight is 390 g/mol. The van der Waals surface area contributed by atoms with E-state index in [0.717, 1.165) is 31.4 Å². The molecule has 0 amide bonds. The Morgan fingerprint density at radius 2 is 1.31 bits per heavy atom. The fraction of sp³-hybridized carbons (Fsp3) is 0.320. The summed E-state index contributed by atoms with van der Waals surface area (Å²) in [5.41, 5.74) is 2.26. The molecule has 2 aliphatic rings. The molecule has 1 aromatic heterocycles. The molecule has 4 heteroatoms. The maximum atomic E-state index is 14.9. The van der Waals surface area contributed by atoms with Crippen molar-refractivity contribution in [3.8, 4) is 0 Å². The van der Waals surface area contributed by atoms with Crippen LogP contribution in [0.5, 0.6) is 0 Å². The van der Waals surface area contributed by atoms with Crippen molar-refractivity contribution in [3.63, 3.8) is 0 Å². The van der Waals surface area contributed by atoms with Crippen LogP contribution in [-0.4, -0.2) is 22.0 Å². The number of aromatic nitrogens is 1. The van der Waals surface area contributed by atoms with Gasteiger partial charge in [-0.15, -0.1) is 0 Å². The van der Waals surface area contributed by atoms with Crippen LogP contribution in [-0.2, 0) is 0 Å². The Labute approximate surface area is 170 Å². The topological polar surface area (TPSA) is 16.1 Å². The van der Waals surface area contributed by atoms with E-state index in [1.54, 1.807) is 24.3 Å². The number of hydrogen-bond acceptors (Lipinski definition) is 2. The van der Waals surface area contributed by atoms with Gasteiger partial charge in [-0.2, -0.15) is 0 Å². The summed E-state index contributed by atoms with van der Waals surface area (Å²) in [6.45, 7) is 0. The molecule has 2 saturated heterocycles. The average Bonchev–Trinajstić information content (AvgIpc) is 3.00. The van der Waals surface area contributed by atoms with Crippen molar-refractivity contribution in [2.45, 2.75) is 49.7 Å². The molecule has 148 valence electrons. The Hall–Kier alpha value is -2.59. The molecule has 2 aromatic carbocycles. The minimum atomic E-state index is -0.403. The minimum absolute atomic E-state index is 0.271. The van der Waals surface area contributed by atoms with E-state index in [1.165, 1.54) is 12.1 Å². The molecule has 3 heterocycles. The molecule has 2 atom stereocenters. The van der Waals surface area contributed by atoms with E-state index < -0.39 is 6.04 Å². The van der Waals surface area contributed by atoms with Crippen LogP contribution >= 0.6 is 0 Å². The summed E-state index contributed by atoms with van der Waals surface area (Å²) in [5, 5.41) is 0. The lowest BCUT2D eigenvalue weighted by Crippen LogP contribution is -2.45. The Balaban J connectivity index is 1.54. The maximum Gasteiger partial charge on any atom is 0.128 e. The van der Waals surface area contributed by atoms with Crippen molar-refractivity contribution in [1.29, 1.82) is 0 Å². The molecule has 29 heavy (non-hydrogen) atoms. The fourth-order valence-electron chi connectivity index (χ4n) is 5.38. The zero-order valence-corrected chi connectivity index (χ0v) is 16.2. The number of benzene rings is 2. The number of halogens is 2. The van der Waals surface area contributed by atoms with Crippen LogP contribution in [0.25, 0.3) is 0 Å². The summed E-state index contributed by atoms with van der Waals surface area (Å²) < 4.78 is 29.7. The molecule has 0 radical (unpaired) electrons. The zero-order valence-electron chi connectivity index (χ0n) is 16.2. The summed E-state index contributed by atoms with van der Waals surface area (Å²) in [6.07, 6.45) is 5.94. The first kappa shape index (κ1) is 18.4. The second-order valence-corrected chi connectivity index (χ2v) is 8.20. The van der Waals surface area contributed by atoms with Crippen LogP contribution < -0.4 is 0 Å². The van der Waals surface area contributed by atoms with E-state index >= 15 is 0 Å². The minimum Gasteiger partial charge on any atom is -0.286 e. The van der Waals surface area contributed by atoms with Crippen LogP contribution in [0.4, 0.5) is 8.78 Å². The van der Waals surface area contributed by atoms with Crippen LogP contribution in [0.1, 0.15) is 54.5 Å². The van der Waals surface area contributed by atoms with E-state index in [0.29, 0.717) is 29.1 Å². The highest BCUT2D eigenvalue weighted by atomic mass is 19.1. The smallest absolute Gasteiger partial charge is 0.128 e. The summed E-state index contributed by atoms with van der Waals surface area (Å²) in [6, 6.07) is 19.9. The first-order valence-electron chi connectivity index (χ1n) is 10.4. The number of rotatable bonds is 4. The van der Waals surface area contributed by atoms with E-state index in [9.17, 15) is 8.78 Å². The van der Waals surface area contributed by atoms with Gasteiger partial charge in [-0.3, -0.25) is 9.88 Å². The molecule has 5 rings (SSSR count). The first-order chi connectivity index (χ1) is 14.2. The maximum absolute atomic E-state index is 14.9. The van der Waals surface area contributed by atoms with Crippen LogP contribution in [0.3, 0.4) is 0 Å². The lowest BCUT2D eigenvalue weighted by Gasteiger charge is -2.44. The van der Waals surface area contributed by atoms with E-state index in [4.69, 9.17) is 0 Å². The number of nitrogens with zero attached hydrogens (tertiary/aromatic N) is 2. The monoisotopic (exact) mass is 390 g/mol. The Morgan fingerprint density at radius 3 is 1.83 bits per heavy atom. The molecule has 2 unspecified atom stereocenters. The standard InChI is InChI=1S/C25H24F2N2/c26-22-9-3-1-7-20(22)25(21-8-2-4-10-23(21)27)29-18-12-13-19(29)16-17(15-18)24-11-5-6-14-28-24/h1-11,14,17-19,25H,12-13,15-16H2. The molecule has 0 N–H and O–H groups in total. The highest BCUT2D eigenvalue weighted by molar-refractivity contribution is 5.35. The SMILES string of the molecule is Fc1ccccc1C(c1ccccc1F)N1C2CCC1CC(c1ccccn1)C2.